The van der Waals surface area contributed by atoms with Crippen molar-refractivity contribution in [2.24, 2.45) is 0 Å². The first-order valence-electron chi connectivity index (χ1n) is 10.9. The Labute approximate surface area is 186 Å². The minimum atomic E-state index is -0.348. The molecule has 1 aromatic heterocycles. The van der Waals surface area contributed by atoms with Crippen LogP contribution in [0.15, 0.2) is 94.1 Å². The predicted octanol–water partition coefficient (Wildman–Crippen LogP) is 4.35. The molecule has 0 radical (unpaired) electrons. The quantitative estimate of drug-likeness (QED) is 0.489. The summed E-state index contributed by atoms with van der Waals surface area (Å²) in [6, 6.07) is 27.2. The van der Waals surface area contributed by atoms with E-state index in [4.69, 9.17) is 4.42 Å². The number of benzene rings is 3. The fourth-order valence-corrected chi connectivity index (χ4v) is 4.32. The second-order valence-corrected chi connectivity index (χ2v) is 8.04. The predicted molar refractivity (Wildman–Crippen MR) is 126 cm³/mol. The Kier molecular flexibility index (Phi) is 5.46. The highest BCUT2D eigenvalue weighted by atomic mass is 16.4. The van der Waals surface area contributed by atoms with Crippen LogP contribution in [0.3, 0.4) is 0 Å². The number of carbonyl (C=O) groups excluding carboxylic acids is 1. The van der Waals surface area contributed by atoms with Crippen molar-refractivity contribution in [2.45, 2.75) is 6.42 Å². The zero-order chi connectivity index (χ0) is 21.9. The van der Waals surface area contributed by atoms with Gasteiger partial charge in [0.05, 0.1) is 5.39 Å². The standard InChI is InChI=1S/C27H24N2O3/c30-26(29-16-14-28(15-17-29)22-10-2-1-3-11-22)24-12-6-4-8-20(24)18-23-19-21-9-5-7-13-25(21)27(31)32-23/h1-13,19H,14-18H2. The number of amides is 1. The highest BCUT2D eigenvalue weighted by Gasteiger charge is 2.24. The van der Waals surface area contributed by atoms with Gasteiger partial charge in [-0.15, -0.1) is 0 Å². The van der Waals surface area contributed by atoms with Crippen LogP contribution >= 0.6 is 0 Å². The summed E-state index contributed by atoms with van der Waals surface area (Å²) in [4.78, 5) is 29.9. The SMILES string of the molecule is O=C(c1ccccc1Cc1cc2ccccc2c(=O)o1)N1CCN(c2ccccc2)CC1. The van der Waals surface area contributed by atoms with Crippen LogP contribution < -0.4 is 10.5 Å². The van der Waals surface area contributed by atoms with E-state index in [0.29, 0.717) is 36.2 Å². The second kappa shape index (κ2) is 8.71. The molecule has 5 rings (SSSR count). The molecule has 4 aromatic rings. The molecule has 5 heteroatoms. The van der Waals surface area contributed by atoms with Gasteiger partial charge in [0.1, 0.15) is 5.76 Å². The molecule has 2 heterocycles. The Bertz CT molecular complexity index is 1310. The first kappa shape index (κ1) is 20.1. The molecule has 1 fully saturated rings. The van der Waals surface area contributed by atoms with Crippen LogP contribution in [0.5, 0.6) is 0 Å². The number of hydrogen-bond donors (Lipinski definition) is 0. The van der Waals surface area contributed by atoms with Gasteiger partial charge in [-0.2, -0.15) is 0 Å². The Morgan fingerprint density at radius 3 is 2.31 bits per heavy atom. The average Bonchev–Trinajstić information content (AvgIpc) is 2.85. The van der Waals surface area contributed by atoms with Crippen molar-refractivity contribution < 1.29 is 9.21 Å². The van der Waals surface area contributed by atoms with Crippen molar-refractivity contribution in [2.75, 3.05) is 31.1 Å². The van der Waals surface area contributed by atoms with Crippen LogP contribution in [0.4, 0.5) is 5.69 Å². The minimum absolute atomic E-state index is 0.0245. The minimum Gasteiger partial charge on any atom is -0.427 e. The third kappa shape index (κ3) is 4.02. The van der Waals surface area contributed by atoms with Crippen LogP contribution in [0.1, 0.15) is 21.7 Å². The molecule has 32 heavy (non-hydrogen) atoms. The normalized spacial score (nSPS) is 14.0. The third-order valence-electron chi connectivity index (χ3n) is 6.02. The van der Waals surface area contributed by atoms with Crippen LogP contribution in [-0.2, 0) is 6.42 Å². The summed E-state index contributed by atoms with van der Waals surface area (Å²) < 4.78 is 5.55. The van der Waals surface area contributed by atoms with Gasteiger partial charge >= 0.3 is 5.63 Å². The monoisotopic (exact) mass is 424 g/mol. The van der Waals surface area contributed by atoms with Gasteiger partial charge in [0.2, 0.25) is 0 Å². The number of anilines is 1. The summed E-state index contributed by atoms with van der Waals surface area (Å²) in [5, 5.41) is 1.41. The van der Waals surface area contributed by atoms with Gasteiger partial charge in [-0.1, -0.05) is 54.6 Å². The molecule has 0 spiro atoms. The van der Waals surface area contributed by atoms with E-state index < -0.39 is 0 Å². The summed E-state index contributed by atoms with van der Waals surface area (Å²) in [6.45, 7) is 2.95. The molecule has 0 unspecified atom stereocenters. The van der Waals surface area contributed by atoms with Gasteiger partial charge in [-0.3, -0.25) is 4.79 Å². The summed E-state index contributed by atoms with van der Waals surface area (Å²) in [7, 11) is 0. The molecule has 0 atom stereocenters. The number of para-hydroxylation sites is 1. The first-order valence-corrected chi connectivity index (χ1v) is 10.9. The number of fused-ring (bicyclic) bond motifs is 1. The maximum Gasteiger partial charge on any atom is 0.343 e. The lowest BCUT2D eigenvalue weighted by Gasteiger charge is -2.36. The molecule has 160 valence electrons. The third-order valence-corrected chi connectivity index (χ3v) is 6.02. The molecule has 0 saturated carbocycles. The molecule has 1 saturated heterocycles. The number of nitrogens with zero attached hydrogens (tertiary/aromatic N) is 2. The van der Waals surface area contributed by atoms with Gasteiger partial charge in [0, 0.05) is 43.9 Å². The van der Waals surface area contributed by atoms with Crippen molar-refractivity contribution in [3.05, 3.63) is 112 Å². The number of piperazine rings is 1. The van der Waals surface area contributed by atoms with Crippen molar-refractivity contribution >= 4 is 22.4 Å². The zero-order valence-corrected chi connectivity index (χ0v) is 17.7. The van der Waals surface area contributed by atoms with Crippen molar-refractivity contribution in [1.29, 1.82) is 0 Å². The lowest BCUT2D eigenvalue weighted by Crippen LogP contribution is -2.49. The maximum absolute atomic E-state index is 13.3. The molecule has 0 N–H and O–H groups in total. The lowest BCUT2D eigenvalue weighted by atomic mass is 10.0. The number of carbonyl (C=O) groups is 1. The van der Waals surface area contributed by atoms with Gasteiger partial charge in [0.15, 0.2) is 0 Å². The highest BCUT2D eigenvalue weighted by Crippen LogP contribution is 2.21. The topological polar surface area (TPSA) is 53.8 Å². The Hall–Kier alpha value is -3.86. The van der Waals surface area contributed by atoms with Crippen molar-refractivity contribution in [3.8, 4) is 0 Å². The van der Waals surface area contributed by atoms with Gasteiger partial charge in [-0.25, -0.2) is 4.79 Å². The van der Waals surface area contributed by atoms with E-state index in [2.05, 4.69) is 17.0 Å². The number of rotatable bonds is 4. The molecular weight excluding hydrogens is 400 g/mol. The summed E-state index contributed by atoms with van der Waals surface area (Å²) in [5.74, 6) is 0.583. The first-order chi connectivity index (χ1) is 15.7. The zero-order valence-electron chi connectivity index (χ0n) is 17.7. The highest BCUT2D eigenvalue weighted by molar-refractivity contribution is 5.96. The largest absolute Gasteiger partial charge is 0.427 e. The molecular formula is C27H24N2O3. The Morgan fingerprint density at radius 2 is 1.50 bits per heavy atom. The smallest absolute Gasteiger partial charge is 0.343 e. The van der Waals surface area contributed by atoms with Crippen molar-refractivity contribution in [1.82, 2.24) is 4.90 Å². The number of hydrogen-bond acceptors (Lipinski definition) is 4. The van der Waals surface area contributed by atoms with E-state index in [1.807, 2.05) is 71.6 Å². The van der Waals surface area contributed by atoms with Crippen LogP contribution in [0.2, 0.25) is 0 Å². The van der Waals surface area contributed by atoms with E-state index in [9.17, 15) is 9.59 Å². The molecule has 1 aliphatic heterocycles. The molecule has 5 nitrogen and oxygen atoms in total. The van der Waals surface area contributed by atoms with E-state index in [1.165, 1.54) is 5.69 Å². The summed E-state index contributed by atoms with van der Waals surface area (Å²) >= 11 is 0. The van der Waals surface area contributed by atoms with Gasteiger partial charge in [-0.05, 0) is 41.3 Å². The lowest BCUT2D eigenvalue weighted by molar-refractivity contribution is 0.0746. The van der Waals surface area contributed by atoms with Crippen molar-refractivity contribution in [3.63, 3.8) is 0 Å². The van der Waals surface area contributed by atoms with Gasteiger partial charge in [0.25, 0.3) is 5.91 Å². The van der Waals surface area contributed by atoms with Crippen LogP contribution in [0.25, 0.3) is 10.8 Å². The van der Waals surface area contributed by atoms with Gasteiger partial charge < -0.3 is 14.2 Å². The molecule has 0 aliphatic carbocycles. The summed E-state index contributed by atoms with van der Waals surface area (Å²) in [6.07, 6.45) is 0.395. The summed E-state index contributed by atoms with van der Waals surface area (Å²) in [5.41, 5.74) is 2.36. The average molecular weight is 425 g/mol. The molecule has 1 amide bonds. The molecule has 1 aliphatic rings. The Balaban J connectivity index is 1.35. The molecule has 0 bridgehead atoms. The van der Waals surface area contributed by atoms with E-state index in [-0.39, 0.29) is 11.5 Å². The van der Waals surface area contributed by atoms with E-state index >= 15 is 0 Å². The van der Waals surface area contributed by atoms with Crippen LogP contribution in [-0.4, -0.2) is 37.0 Å². The van der Waals surface area contributed by atoms with Crippen LogP contribution in [0, 0.1) is 0 Å². The molecule has 3 aromatic carbocycles. The Morgan fingerprint density at radius 1 is 0.812 bits per heavy atom. The fraction of sp³-hybridized carbons (Fsp3) is 0.185. The second-order valence-electron chi connectivity index (χ2n) is 8.04. The van der Waals surface area contributed by atoms with E-state index in [0.717, 1.165) is 24.0 Å². The van der Waals surface area contributed by atoms with E-state index in [1.54, 1.807) is 6.07 Å². The maximum atomic E-state index is 13.3. The fourth-order valence-electron chi connectivity index (χ4n) is 4.32.